The van der Waals surface area contributed by atoms with Crippen molar-refractivity contribution in [2.75, 3.05) is 0 Å². The van der Waals surface area contributed by atoms with Gasteiger partial charge in [0, 0.05) is 5.56 Å². The Kier molecular flexibility index (Phi) is 2.85. The van der Waals surface area contributed by atoms with Crippen molar-refractivity contribution < 1.29 is 9.90 Å². The van der Waals surface area contributed by atoms with Gasteiger partial charge in [-0.1, -0.05) is 29.8 Å². The highest BCUT2D eigenvalue weighted by atomic mass is 16.4. The number of aromatic carboxylic acids is 1. The zero-order valence-corrected chi connectivity index (χ0v) is 10.9. The first-order valence-corrected chi connectivity index (χ1v) is 6.52. The number of carboxylic acid groups (broad SMARTS) is 1. The molecule has 0 unspecified atom stereocenters. The second kappa shape index (κ2) is 4.53. The molecule has 0 aliphatic heterocycles. The van der Waals surface area contributed by atoms with Crippen LogP contribution in [0.3, 0.4) is 0 Å². The summed E-state index contributed by atoms with van der Waals surface area (Å²) in [7, 11) is 0. The Morgan fingerprint density at radius 3 is 2.74 bits per heavy atom. The van der Waals surface area contributed by atoms with E-state index in [4.69, 9.17) is 0 Å². The third kappa shape index (κ3) is 2.14. The maximum absolute atomic E-state index is 11.4. The zero-order valence-electron chi connectivity index (χ0n) is 10.9. The summed E-state index contributed by atoms with van der Waals surface area (Å²) in [5.41, 5.74) is 4.54. The van der Waals surface area contributed by atoms with Crippen LogP contribution in [0.5, 0.6) is 0 Å². The molecule has 0 saturated heterocycles. The van der Waals surface area contributed by atoms with Crippen LogP contribution in [0, 0.1) is 6.92 Å². The predicted octanol–water partition coefficient (Wildman–Crippen LogP) is 2.43. The molecule has 0 spiro atoms. The largest absolute Gasteiger partial charge is 0.477 e. The summed E-state index contributed by atoms with van der Waals surface area (Å²) in [6, 6.07) is 8.11. The van der Waals surface area contributed by atoms with Gasteiger partial charge in [-0.2, -0.15) is 5.10 Å². The van der Waals surface area contributed by atoms with Gasteiger partial charge in [-0.05, 0) is 31.7 Å². The molecule has 0 amide bonds. The molecule has 1 N–H and O–H groups in total. The van der Waals surface area contributed by atoms with Crippen LogP contribution < -0.4 is 0 Å². The van der Waals surface area contributed by atoms with Gasteiger partial charge < -0.3 is 5.11 Å². The van der Waals surface area contributed by atoms with E-state index in [-0.39, 0.29) is 0 Å². The molecular formula is C15H16N2O2. The molecule has 3 rings (SSSR count). The number of hydrogen-bond donors (Lipinski definition) is 1. The van der Waals surface area contributed by atoms with Crippen LogP contribution in [0.25, 0.3) is 0 Å². The van der Waals surface area contributed by atoms with Crippen molar-refractivity contribution in [1.82, 2.24) is 9.78 Å². The van der Waals surface area contributed by atoms with Crippen molar-refractivity contribution in [3.8, 4) is 0 Å². The van der Waals surface area contributed by atoms with E-state index < -0.39 is 5.97 Å². The minimum absolute atomic E-state index is 0.369. The first-order chi connectivity index (χ1) is 9.15. The van der Waals surface area contributed by atoms with Gasteiger partial charge in [0.15, 0.2) is 0 Å². The lowest BCUT2D eigenvalue weighted by Crippen LogP contribution is -2.13. The molecule has 0 fully saturated rings. The molecule has 0 radical (unpaired) electrons. The van der Waals surface area contributed by atoms with Gasteiger partial charge in [0.1, 0.15) is 5.69 Å². The third-order valence-electron chi connectivity index (χ3n) is 3.63. The maximum atomic E-state index is 11.4. The predicted molar refractivity (Wildman–Crippen MR) is 71.5 cm³/mol. The zero-order chi connectivity index (χ0) is 13.4. The van der Waals surface area contributed by atoms with Crippen LogP contribution >= 0.6 is 0 Å². The second-order valence-corrected chi connectivity index (χ2v) is 5.08. The molecule has 1 heterocycles. The lowest BCUT2D eigenvalue weighted by Gasteiger charge is -2.06. The number of aryl methyl sites for hydroxylation is 2. The molecule has 0 bridgehead atoms. The van der Waals surface area contributed by atoms with Crippen molar-refractivity contribution >= 4 is 5.97 Å². The Labute approximate surface area is 111 Å². The van der Waals surface area contributed by atoms with Gasteiger partial charge in [-0.15, -0.1) is 0 Å². The summed E-state index contributed by atoms with van der Waals surface area (Å²) >= 11 is 0. The maximum Gasteiger partial charge on any atom is 0.354 e. The lowest BCUT2D eigenvalue weighted by atomic mass is 10.1. The topological polar surface area (TPSA) is 55.1 Å². The summed E-state index contributed by atoms with van der Waals surface area (Å²) in [5.74, 6) is -0.872. The molecule has 1 aliphatic rings. The quantitative estimate of drug-likeness (QED) is 0.917. The number of fused-ring (bicyclic) bond motifs is 1. The minimum atomic E-state index is -0.872. The SMILES string of the molecule is Cc1ccc(Cn2nc3c(c2C(=O)O)CCC3)cc1. The van der Waals surface area contributed by atoms with E-state index >= 15 is 0 Å². The Bertz CT molecular complexity index is 626. The highest BCUT2D eigenvalue weighted by Crippen LogP contribution is 2.25. The Balaban J connectivity index is 1.97. The first-order valence-electron chi connectivity index (χ1n) is 6.52. The van der Waals surface area contributed by atoms with E-state index in [9.17, 15) is 9.90 Å². The Hall–Kier alpha value is -2.10. The standard InChI is InChI=1S/C15H16N2O2/c1-10-5-7-11(8-6-10)9-17-14(15(18)19)12-3-2-4-13(12)16-17/h5-8H,2-4,9H2,1H3,(H,18,19). The average Bonchev–Trinajstić information content (AvgIpc) is 2.91. The normalized spacial score (nSPS) is 13.5. The first kappa shape index (κ1) is 12.0. The van der Waals surface area contributed by atoms with E-state index in [0.717, 1.165) is 36.1 Å². The van der Waals surface area contributed by atoms with Crippen molar-refractivity contribution in [2.45, 2.75) is 32.7 Å². The molecule has 1 aromatic carbocycles. The van der Waals surface area contributed by atoms with Gasteiger partial charge in [-0.3, -0.25) is 4.68 Å². The smallest absolute Gasteiger partial charge is 0.354 e. The van der Waals surface area contributed by atoms with E-state index in [0.29, 0.717) is 12.2 Å². The molecule has 1 aromatic heterocycles. The number of nitrogens with zero attached hydrogens (tertiary/aromatic N) is 2. The fraction of sp³-hybridized carbons (Fsp3) is 0.333. The number of carbonyl (C=O) groups is 1. The molecule has 1 aliphatic carbocycles. The van der Waals surface area contributed by atoms with Gasteiger partial charge in [-0.25, -0.2) is 4.79 Å². The summed E-state index contributed by atoms with van der Waals surface area (Å²) in [6.45, 7) is 2.56. The van der Waals surface area contributed by atoms with E-state index in [2.05, 4.69) is 5.10 Å². The molecule has 2 aromatic rings. The van der Waals surface area contributed by atoms with Crippen LogP contribution in [-0.4, -0.2) is 20.9 Å². The molecule has 19 heavy (non-hydrogen) atoms. The highest BCUT2D eigenvalue weighted by Gasteiger charge is 2.26. The Morgan fingerprint density at radius 1 is 1.32 bits per heavy atom. The summed E-state index contributed by atoms with van der Waals surface area (Å²) in [5, 5.41) is 13.8. The minimum Gasteiger partial charge on any atom is -0.477 e. The van der Waals surface area contributed by atoms with Crippen molar-refractivity contribution in [3.05, 3.63) is 52.3 Å². The summed E-state index contributed by atoms with van der Waals surface area (Å²) in [6.07, 6.45) is 2.75. The van der Waals surface area contributed by atoms with Gasteiger partial charge >= 0.3 is 5.97 Å². The van der Waals surface area contributed by atoms with Gasteiger partial charge in [0.05, 0.1) is 12.2 Å². The van der Waals surface area contributed by atoms with Crippen LogP contribution in [-0.2, 0) is 19.4 Å². The summed E-state index contributed by atoms with van der Waals surface area (Å²) in [4.78, 5) is 11.4. The number of carboxylic acids is 1. The van der Waals surface area contributed by atoms with Crippen molar-refractivity contribution in [3.63, 3.8) is 0 Å². The van der Waals surface area contributed by atoms with E-state index in [1.165, 1.54) is 5.56 Å². The number of benzene rings is 1. The van der Waals surface area contributed by atoms with E-state index in [1.807, 2.05) is 31.2 Å². The molecular weight excluding hydrogens is 240 g/mol. The molecule has 4 heteroatoms. The lowest BCUT2D eigenvalue weighted by molar-refractivity contribution is 0.0682. The molecule has 0 saturated carbocycles. The van der Waals surface area contributed by atoms with Crippen LogP contribution in [0.4, 0.5) is 0 Å². The third-order valence-corrected chi connectivity index (χ3v) is 3.63. The van der Waals surface area contributed by atoms with Crippen molar-refractivity contribution in [2.24, 2.45) is 0 Å². The highest BCUT2D eigenvalue weighted by molar-refractivity contribution is 5.88. The molecule has 98 valence electrons. The van der Waals surface area contributed by atoms with Crippen molar-refractivity contribution in [1.29, 1.82) is 0 Å². The van der Waals surface area contributed by atoms with Crippen LogP contribution in [0.15, 0.2) is 24.3 Å². The van der Waals surface area contributed by atoms with Gasteiger partial charge in [0.2, 0.25) is 0 Å². The number of hydrogen-bond acceptors (Lipinski definition) is 2. The fourth-order valence-electron chi connectivity index (χ4n) is 2.67. The summed E-state index contributed by atoms with van der Waals surface area (Å²) < 4.78 is 1.64. The number of rotatable bonds is 3. The molecule has 4 nitrogen and oxygen atoms in total. The Morgan fingerprint density at radius 2 is 2.05 bits per heavy atom. The average molecular weight is 256 g/mol. The van der Waals surface area contributed by atoms with Gasteiger partial charge in [0.25, 0.3) is 0 Å². The van der Waals surface area contributed by atoms with E-state index in [1.54, 1.807) is 4.68 Å². The number of aromatic nitrogens is 2. The fourth-order valence-corrected chi connectivity index (χ4v) is 2.67. The second-order valence-electron chi connectivity index (χ2n) is 5.08. The van der Waals surface area contributed by atoms with Crippen LogP contribution in [0.2, 0.25) is 0 Å². The molecule has 0 atom stereocenters. The monoisotopic (exact) mass is 256 g/mol. The van der Waals surface area contributed by atoms with Crippen LogP contribution in [0.1, 0.15) is 39.3 Å².